The van der Waals surface area contributed by atoms with Crippen LogP contribution in [0.4, 0.5) is 5.69 Å². The lowest BCUT2D eigenvalue weighted by atomic mass is 9.97. The lowest BCUT2D eigenvalue weighted by Gasteiger charge is -2.30. The Morgan fingerprint density at radius 1 is 1.23 bits per heavy atom. The molecule has 0 bridgehead atoms. The van der Waals surface area contributed by atoms with Crippen LogP contribution in [-0.2, 0) is 14.8 Å². The third kappa shape index (κ3) is 4.47. The summed E-state index contributed by atoms with van der Waals surface area (Å²) in [6.45, 7) is 0.483. The molecule has 2 N–H and O–H groups in total. The van der Waals surface area contributed by atoms with Gasteiger partial charge in [0.1, 0.15) is 5.75 Å². The van der Waals surface area contributed by atoms with Gasteiger partial charge in [0, 0.05) is 24.7 Å². The van der Waals surface area contributed by atoms with Crippen molar-refractivity contribution in [2.45, 2.75) is 17.7 Å². The zero-order valence-corrected chi connectivity index (χ0v) is 18.9. The van der Waals surface area contributed by atoms with Gasteiger partial charge < -0.3 is 15.0 Å². The summed E-state index contributed by atoms with van der Waals surface area (Å²) in [6, 6.07) is 9.59. The Bertz CT molecular complexity index is 1290. The van der Waals surface area contributed by atoms with Crippen LogP contribution in [0.5, 0.6) is 5.75 Å². The molecule has 0 unspecified atom stereocenters. The monoisotopic (exact) mass is 481 g/mol. The van der Waals surface area contributed by atoms with Crippen LogP contribution in [0, 0.1) is 5.92 Å². The molecule has 1 saturated heterocycles. The van der Waals surface area contributed by atoms with Crippen molar-refractivity contribution in [3.63, 3.8) is 0 Å². The van der Waals surface area contributed by atoms with Crippen molar-refractivity contribution in [2.24, 2.45) is 5.92 Å². The first-order valence-electron chi connectivity index (χ1n) is 9.55. The molecule has 0 atom stereocenters. The molecule has 1 fully saturated rings. The second-order valence-electron chi connectivity index (χ2n) is 7.19. The second-order valence-corrected chi connectivity index (χ2v) is 10.5. The quantitative estimate of drug-likeness (QED) is 0.581. The summed E-state index contributed by atoms with van der Waals surface area (Å²) in [5, 5.41) is 3.23. The average molecular weight is 482 g/mol. The fraction of sp³-hybridized carbons (Fsp3) is 0.300. The predicted octanol–water partition coefficient (Wildman–Crippen LogP) is 3.29. The Kier molecular flexibility index (Phi) is 6.07. The van der Waals surface area contributed by atoms with E-state index in [9.17, 15) is 18.0 Å². The van der Waals surface area contributed by atoms with Gasteiger partial charge in [-0.05, 0) is 49.2 Å². The average Bonchev–Trinajstić information content (AvgIpc) is 3.13. The van der Waals surface area contributed by atoms with Crippen LogP contribution in [0.3, 0.4) is 0 Å². The maximum absolute atomic E-state index is 13.0. The lowest BCUT2D eigenvalue weighted by molar-refractivity contribution is -0.120. The summed E-state index contributed by atoms with van der Waals surface area (Å²) in [4.78, 5) is 26.7. The van der Waals surface area contributed by atoms with Gasteiger partial charge in [-0.25, -0.2) is 8.42 Å². The molecular weight excluding hydrogens is 462 g/mol. The number of aromatic amines is 1. The van der Waals surface area contributed by atoms with Gasteiger partial charge in [-0.2, -0.15) is 4.31 Å². The van der Waals surface area contributed by atoms with E-state index in [1.165, 1.54) is 23.5 Å². The number of anilines is 1. The number of carbonyl (C=O) groups excluding carboxylic acids is 1. The molecule has 0 saturated carbocycles. The molecule has 4 rings (SSSR count). The molecule has 1 aromatic heterocycles. The minimum atomic E-state index is -3.70. The molecule has 1 amide bonds. The number of hydrogen-bond donors (Lipinski definition) is 2. The number of methoxy groups -OCH3 is 1. The number of aromatic nitrogens is 1. The van der Waals surface area contributed by atoms with Crippen LogP contribution in [0.2, 0.25) is 5.02 Å². The van der Waals surface area contributed by atoms with Gasteiger partial charge >= 0.3 is 4.87 Å². The number of carbonyl (C=O) groups is 1. The van der Waals surface area contributed by atoms with Crippen molar-refractivity contribution in [2.75, 3.05) is 25.5 Å². The SMILES string of the molecule is COc1ccc(NC(=O)C2CCN(S(=O)(=O)c3ccc4[nH]c(=O)sc4c3)CC2)cc1Cl. The number of ether oxygens (including phenoxy) is 1. The Morgan fingerprint density at radius 2 is 1.97 bits per heavy atom. The van der Waals surface area contributed by atoms with E-state index in [0.29, 0.717) is 39.5 Å². The molecule has 0 radical (unpaired) electrons. The lowest BCUT2D eigenvalue weighted by Crippen LogP contribution is -2.41. The standard InChI is InChI=1S/C20H20ClN3O5S2/c1-29-17-5-2-13(10-15(17)21)22-19(25)12-6-8-24(9-7-12)31(27,28)14-3-4-16-18(11-14)30-20(26)23-16/h2-5,10-12H,6-9H2,1H3,(H,22,25)(H,23,26). The topological polar surface area (TPSA) is 109 Å². The summed E-state index contributed by atoms with van der Waals surface area (Å²) in [5.41, 5.74) is 1.17. The van der Waals surface area contributed by atoms with Gasteiger partial charge in [0.15, 0.2) is 0 Å². The number of halogens is 1. The molecule has 1 aliphatic rings. The first-order valence-corrected chi connectivity index (χ1v) is 12.2. The van der Waals surface area contributed by atoms with Crippen LogP contribution in [0.15, 0.2) is 46.1 Å². The van der Waals surface area contributed by atoms with E-state index in [2.05, 4.69) is 10.3 Å². The van der Waals surface area contributed by atoms with E-state index < -0.39 is 10.0 Å². The van der Waals surface area contributed by atoms with Crippen LogP contribution in [0.1, 0.15) is 12.8 Å². The Hall–Kier alpha value is -2.40. The molecule has 31 heavy (non-hydrogen) atoms. The zero-order chi connectivity index (χ0) is 22.2. The third-order valence-corrected chi connectivity index (χ3v) is 8.31. The van der Waals surface area contributed by atoms with Crippen molar-refractivity contribution in [3.8, 4) is 5.75 Å². The van der Waals surface area contributed by atoms with Gasteiger partial charge in [-0.3, -0.25) is 9.59 Å². The number of sulfonamides is 1. The largest absolute Gasteiger partial charge is 0.495 e. The molecule has 11 heteroatoms. The molecule has 0 aliphatic carbocycles. The van der Waals surface area contributed by atoms with Crippen LogP contribution in [-0.4, -0.2) is 43.8 Å². The predicted molar refractivity (Wildman–Crippen MR) is 121 cm³/mol. The molecule has 1 aliphatic heterocycles. The van der Waals surface area contributed by atoms with E-state index >= 15 is 0 Å². The van der Waals surface area contributed by atoms with Gasteiger partial charge in [0.2, 0.25) is 15.9 Å². The number of fused-ring (bicyclic) bond motifs is 1. The highest BCUT2D eigenvalue weighted by Crippen LogP contribution is 2.29. The van der Waals surface area contributed by atoms with Crippen LogP contribution < -0.4 is 14.9 Å². The minimum absolute atomic E-state index is 0.144. The van der Waals surface area contributed by atoms with E-state index in [-0.39, 0.29) is 34.7 Å². The molecule has 2 heterocycles. The molecular formula is C20H20ClN3O5S2. The number of nitrogens with zero attached hydrogens (tertiary/aromatic N) is 1. The Balaban J connectivity index is 1.41. The number of amides is 1. The maximum atomic E-state index is 13.0. The summed E-state index contributed by atoms with van der Waals surface area (Å²) in [5.74, 6) is 0.0461. The van der Waals surface area contributed by atoms with E-state index in [0.717, 1.165) is 11.3 Å². The normalized spacial score (nSPS) is 15.8. The molecule has 8 nitrogen and oxygen atoms in total. The molecule has 0 spiro atoms. The maximum Gasteiger partial charge on any atom is 0.305 e. The fourth-order valence-corrected chi connectivity index (χ4v) is 6.19. The first kappa shape index (κ1) is 21.8. The number of benzene rings is 2. The summed E-state index contributed by atoms with van der Waals surface area (Å²) >= 11 is 7.07. The summed E-state index contributed by atoms with van der Waals surface area (Å²) in [7, 11) is -2.19. The Labute approximate surface area is 187 Å². The second kappa shape index (κ2) is 8.62. The Morgan fingerprint density at radius 3 is 2.65 bits per heavy atom. The number of nitrogens with one attached hydrogen (secondary N) is 2. The van der Waals surface area contributed by atoms with E-state index in [4.69, 9.17) is 16.3 Å². The molecule has 2 aromatic carbocycles. The van der Waals surface area contributed by atoms with Crippen LogP contribution in [0.25, 0.3) is 10.2 Å². The van der Waals surface area contributed by atoms with Gasteiger partial charge in [-0.1, -0.05) is 22.9 Å². The van der Waals surface area contributed by atoms with E-state index in [1.807, 2.05) is 0 Å². The van der Waals surface area contributed by atoms with Crippen molar-refractivity contribution < 1.29 is 17.9 Å². The van der Waals surface area contributed by atoms with Gasteiger partial charge in [0.05, 0.1) is 27.2 Å². The van der Waals surface area contributed by atoms with Crippen molar-refractivity contribution in [3.05, 3.63) is 51.1 Å². The highest BCUT2D eigenvalue weighted by atomic mass is 35.5. The molecule has 3 aromatic rings. The summed E-state index contributed by atoms with van der Waals surface area (Å²) < 4.78 is 33.1. The smallest absolute Gasteiger partial charge is 0.305 e. The molecule has 164 valence electrons. The minimum Gasteiger partial charge on any atom is -0.495 e. The first-order chi connectivity index (χ1) is 14.8. The van der Waals surface area contributed by atoms with Crippen LogP contribution >= 0.6 is 22.9 Å². The number of piperidine rings is 1. The summed E-state index contributed by atoms with van der Waals surface area (Å²) in [6.07, 6.45) is 0.823. The van der Waals surface area contributed by atoms with Crippen molar-refractivity contribution in [1.82, 2.24) is 9.29 Å². The van der Waals surface area contributed by atoms with Crippen molar-refractivity contribution in [1.29, 1.82) is 0 Å². The number of H-pyrrole nitrogens is 1. The van der Waals surface area contributed by atoms with Gasteiger partial charge in [0.25, 0.3) is 0 Å². The third-order valence-electron chi connectivity index (χ3n) is 5.27. The number of thiazole rings is 1. The number of hydrogen-bond acceptors (Lipinski definition) is 6. The highest BCUT2D eigenvalue weighted by Gasteiger charge is 2.32. The number of rotatable bonds is 5. The fourth-order valence-electron chi connectivity index (χ4n) is 3.58. The van der Waals surface area contributed by atoms with E-state index in [1.54, 1.807) is 24.3 Å². The zero-order valence-electron chi connectivity index (χ0n) is 16.6. The highest BCUT2D eigenvalue weighted by molar-refractivity contribution is 7.89. The van der Waals surface area contributed by atoms with Crippen molar-refractivity contribution >= 4 is 54.8 Å². The van der Waals surface area contributed by atoms with Gasteiger partial charge in [-0.15, -0.1) is 0 Å².